The average molecular weight is 213 g/mol. The fraction of sp³-hybridized carbons (Fsp3) is 0.917. The van der Waals surface area contributed by atoms with Crippen LogP contribution in [0.2, 0.25) is 0 Å². The van der Waals surface area contributed by atoms with E-state index in [1.165, 1.54) is 0 Å². The third-order valence-electron chi connectivity index (χ3n) is 3.03. The van der Waals surface area contributed by atoms with Crippen molar-refractivity contribution in [1.82, 2.24) is 4.90 Å². The lowest BCUT2D eigenvalue weighted by molar-refractivity contribution is -0.143. The van der Waals surface area contributed by atoms with Crippen molar-refractivity contribution in [2.45, 2.75) is 40.0 Å². The van der Waals surface area contributed by atoms with Crippen molar-refractivity contribution in [3.63, 3.8) is 0 Å². The van der Waals surface area contributed by atoms with E-state index in [0.29, 0.717) is 5.41 Å². The summed E-state index contributed by atoms with van der Waals surface area (Å²) in [6, 6.07) is 0. The number of aliphatic carboxylic acids is 1. The van der Waals surface area contributed by atoms with Gasteiger partial charge < -0.3 is 10.0 Å². The molecule has 0 aromatic rings. The topological polar surface area (TPSA) is 40.5 Å². The highest BCUT2D eigenvalue weighted by molar-refractivity contribution is 5.70. The zero-order chi connectivity index (χ0) is 11.5. The number of hydrogen-bond acceptors (Lipinski definition) is 2. The van der Waals surface area contributed by atoms with Gasteiger partial charge in [0.2, 0.25) is 0 Å². The zero-order valence-corrected chi connectivity index (χ0v) is 10.1. The third-order valence-corrected chi connectivity index (χ3v) is 3.03. The van der Waals surface area contributed by atoms with Crippen LogP contribution in [0.3, 0.4) is 0 Å². The van der Waals surface area contributed by atoms with Crippen molar-refractivity contribution in [1.29, 1.82) is 0 Å². The van der Waals surface area contributed by atoms with Crippen molar-refractivity contribution < 1.29 is 9.90 Å². The average Bonchev–Trinajstić information content (AvgIpc) is 2.14. The first-order valence-electron chi connectivity index (χ1n) is 5.84. The lowest BCUT2D eigenvalue weighted by Gasteiger charge is -2.32. The van der Waals surface area contributed by atoms with Gasteiger partial charge in [-0.25, -0.2) is 0 Å². The summed E-state index contributed by atoms with van der Waals surface area (Å²) in [4.78, 5) is 13.2. The minimum absolute atomic E-state index is 0.140. The Hall–Kier alpha value is -0.570. The van der Waals surface area contributed by atoms with Crippen LogP contribution in [0.25, 0.3) is 0 Å². The van der Waals surface area contributed by atoms with E-state index in [9.17, 15) is 4.79 Å². The summed E-state index contributed by atoms with van der Waals surface area (Å²) in [5.74, 6) is -0.769. The van der Waals surface area contributed by atoms with Crippen molar-refractivity contribution in [2.75, 3.05) is 19.6 Å². The lowest BCUT2D eigenvalue weighted by Crippen LogP contribution is -2.39. The Kier molecular flexibility index (Phi) is 4.14. The minimum Gasteiger partial charge on any atom is -0.481 e. The molecule has 1 N–H and O–H groups in total. The molecule has 1 atom stereocenters. The molecule has 0 saturated carbocycles. The molecule has 0 unspecified atom stereocenters. The number of rotatable bonds is 3. The SMILES string of the molecule is CC(C)(C)CCN1CCC[C@H](C(=O)O)C1. The van der Waals surface area contributed by atoms with Crippen LogP contribution in [0.1, 0.15) is 40.0 Å². The Morgan fingerprint density at radius 1 is 1.47 bits per heavy atom. The van der Waals surface area contributed by atoms with Crippen molar-refractivity contribution in [2.24, 2.45) is 11.3 Å². The number of carboxylic acid groups (broad SMARTS) is 1. The molecule has 3 nitrogen and oxygen atoms in total. The molecule has 0 aromatic heterocycles. The molecule has 1 fully saturated rings. The Bertz CT molecular complexity index is 220. The van der Waals surface area contributed by atoms with Gasteiger partial charge in [-0.05, 0) is 37.8 Å². The number of carbonyl (C=O) groups is 1. The van der Waals surface area contributed by atoms with E-state index in [0.717, 1.165) is 38.9 Å². The lowest BCUT2D eigenvalue weighted by atomic mass is 9.91. The van der Waals surface area contributed by atoms with Crippen molar-refractivity contribution >= 4 is 5.97 Å². The molecule has 1 aliphatic rings. The van der Waals surface area contributed by atoms with Gasteiger partial charge in [0.15, 0.2) is 0 Å². The van der Waals surface area contributed by atoms with Gasteiger partial charge in [-0.3, -0.25) is 4.79 Å². The summed E-state index contributed by atoms with van der Waals surface area (Å²) in [6.45, 7) is 9.53. The Morgan fingerprint density at radius 2 is 2.13 bits per heavy atom. The molecule has 0 radical (unpaired) electrons. The molecule has 0 amide bonds. The molecular weight excluding hydrogens is 190 g/mol. The van der Waals surface area contributed by atoms with Gasteiger partial charge >= 0.3 is 5.97 Å². The molecular formula is C12H23NO2. The first kappa shape index (κ1) is 12.5. The zero-order valence-electron chi connectivity index (χ0n) is 10.1. The summed E-state index contributed by atoms with van der Waals surface area (Å²) >= 11 is 0. The van der Waals surface area contributed by atoms with E-state index >= 15 is 0 Å². The molecule has 0 spiro atoms. The normalized spacial score (nSPS) is 24.1. The van der Waals surface area contributed by atoms with Crippen LogP contribution in [0.15, 0.2) is 0 Å². The summed E-state index contributed by atoms with van der Waals surface area (Å²) in [5.41, 5.74) is 0.343. The van der Waals surface area contributed by atoms with Crippen LogP contribution in [0, 0.1) is 11.3 Å². The largest absolute Gasteiger partial charge is 0.481 e. The second kappa shape index (κ2) is 4.97. The second-order valence-electron chi connectivity index (χ2n) is 5.79. The Balaban J connectivity index is 2.34. The van der Waals surface area contributed by atoms with E-state index < -0.39 is 5.97 Å². The minimum atomic E-state index is -0.629. The number of nitrogens with zero attached hydrogens (tertiary/aromatic N) is 1. The quantitative estimate of drug-likeness (QED) is 0.781. The summed E-state index contributed by atoms with van der Waals surface area (Å²) in [6.07, 6.45) is 3.02. The number of carboxylic acids is 1. The molecule has 1 heterocycles. The fourth-order valence-electron chi connectivity index (χ4n) is 1.95. The molecule has 0 bridgehead atoms. The van der Waals surface area contributed by atoms with Crippen LogP contribution in [-0.4, -0.2) is 35.6 Å². The van der Waals surface area contributed by atoms with Crippen molar-refractivity contribution in [3.8, 4) is 0 Å². The first-order chi connectivity index (χ1) is 6.88. The van der Waals surface area contributed by atoms with E-state index in [-0.39, 0.29) is 5.92 Å². The van der Waals surface area contributed by atoms with Crippen LogP contribution >= 0.6 is 0 Å². The fourth-order valence-corrected chi connectivity index (χ4v) is 1.95. The maximum atomic E-state index is 10.9. The van der Waals surface area contributed by atoms with E-state index in [4.69, 9.17) is 5.11 Å². The standard InChI is InChI=1S/C12H23NO2/c1-12(2,3)6-8-13-7-4-5-10(9-13)11(14)15/h10H,4-9H2,1-3H3,(H,14,15)/t10-/m0/s1. The predicted octanol–water partition coefficient (Wildman–Crippen LogP) is 2.22. The van der Waals surface area contributed by atoms with Gasteiger partial charge in [0.1, 0.15) is 0 Å². The van der Waals surface area contributed by atoms with Gasteiger partial charge in [-0.15, -0.1) is 0 Å². The monoisotopic (exact) mass is 213 g/mol. The van der Waals surface area contributed by atoms with Crippen molar-refractivity contribution in [3.05, 3.63) is 0 Å². The molecule has 1 aliphatic heterocycles. The van der Waals surface area contributed by atoms with Gasteiger partial charge in [0.05, 0.1) is 5.92 Å². The first-order valence-corrected chi connectivity index (χ1v) is 5.84. The highest BCUT2D eigenvalue weighted by Crippen LogP contribution is 2.22. The van der Waals surface area contributed by atoms with E-state index in [1.54, 1.807) is 0 Å². The molecule has 0 aromatic carbocycles. The number of piperidine rings is 1. The predicted molar refractivity (Wildman–Crippen MR) is 60.9 cm³/mol. The molecule has 1 rings (SSSR count). The molecule has 1 saturated heterocycles. The van der Waals surface area contributed by atoms with E-state index in [1.807, 2.05) is 0 Å². The maximum Gasteiger partial charge on any atom is 0.307 e. The summed E-state index contributed by atoms with van der Waals surface area (Å²) < 4.78 is 0. The van der Waals surface area contributed by atoms with Crippen LogP contribution in [0.5, 0.6) is 0 Å². The van der Waals surface area contributed by atoms with Gasteiger partial charge in [-0.2, -0.15) is 0 Å². The third kappa shape index (κ3) is 4.65. The number of likely N-dealkylation sites (tertiary alicyclic amines) is 1. The highest BCUT2D eigenvalue weighted by atomic mass is 16.4. The smallest absolute Gasteiger partial charge is 0.307 e. The van der Waals surface area contributed by atoms with Crippen LogP contribution in [-0.2, 0) is 4.79 Å². The van der Waals surface area contributed by atoms with Gasteiger partial charge in [0, 0.05) is 6.54 Å². The Labute approximate surface area is 92.5 Å². The highest BCUT2D eigenvalue weighted by Gasteiger charge is 2.25. The van der Waals surface area contributed by atoms with Crippen LogP contribution in [0.4, 0.5) is 0 Å². The second-order valence-corrected chi connectivity index (χ2v) is 5.79. The van der Waals surface area contributed by atoms with E-state index in [2.05, 4.69) is 25.7 Å². The molecule has 15 heavy (non-hydrogen) atoms. The Morgan fingerprint density at radius 3 is 2.67 bits per heavy atom. The molecule has 0 aliphatic carbocycles. The number of hydrogen-bond donors (Lipinski definition) is 1. The summed E-state index contributed by atoms with van der Waals surface area (Å²) in [5, 5.41) is 8.96. The maximum absolute atomic E-state index is 10.9. The van der Waals surface area contributed by atoms with Gasteiger partial charge in [0.25, 0.3) is 0 Å². The van der Waals surface area contributed by atoms with Gasteiger partial charge in [-0.1, -0.05) is 20.8 Å². The molecule has 88 valence electrons. The molecule has 3 heteroatoms. The summed E-state index contributed by atoms with van der Waals surface area (Å²) in [7, 11) is 0. The van der Waals surface area contributed by atoms with Crippen LogP contribution < -0.4 is 0 Å².